The van der Waals surface area contributed by atoms with Crippen molar-refractivity contribution in [2.45, 2.75) is 0 Å². The molecule has 0 aliphatic heterocycles. The minimum absolute atomic E-state index is 0.171. The summed E-state index contributed by atoms with van der Waals surface area (Å²) in [6, 6.07) is 53.7. The largest absolute Gasteiger partial charge is 0.456 e. The van der Waals surface area contributed by atoms with Crippen molar-refractivity contribution in [3.05, 3.63) is 218 Å². The van der Waals surface area contributed by atoms with Gasteiger partial charge >= 0.3 is 0 Å². The molecule has 0 saturated carbocycles. The van der Waals surface area contributed by atoms with E-state index in [1.807, 2.05) is 103 Å². The topological polar surface area (TPSA) is 40.8 Å². The third-order valence-electron chi connectivity index (χ3n) is 12.7. The average Bonchev–Trinajstić information content (AvgIpc) is 4.17. The molecule has 0 saturated heterocycles. The molecule has 0 radical (unpaired) electrons. The number of benzene rings is 9. The summed E-state index contributed by atoms with van der Waals surface area (Å²) in [6.45, 7) is 0. The van der Waals surface area contributed by atoms with Gasteiger partial charge in [-0.05, 0) is 89.4 Å². The van der Waals surface area contributed by atoms with Gasteiger partial charge in [-0.3, -0.25) is 9.13 Å². The number of fused-ring (bicyclic) bond motifs is 12. The first kappa shape index (κ1) is 28.0. The standard InChI is InChI=1S/C59H36N4O/c1-8-24-48-40(16-1)41-17-2-9-25-49(41)61(48)54-30-15-23-39(37-32-33-47-46-22-7-14-31-55(46)64-56(47)34-37)59(54)38-35-57(62-50-26-10-3-18-42(50)43-19-4-11-27-51(43)62)60-58(36-38)63-52-28-12-5-20-44(52)45-21-6-13-29-53(45)63/h1-36H/i3D,5D,10D,12D,18D,20D,26D,28D. The highest BCUT2D eigenvalue weighted by atomic mass is 16.3. The Labute approximate surface area is 378 Å². The van der Waals surface area contributed by atoms with Crippen LogP contribution in [-0.4, -0.2) is 18.7 Å². The van der Waals surface area contributed by atoms with E-state index in [0.29, 0.717) is 49.8 Å². The summed E-state index contributed by atoms with van der Waals surface area (Å²) in [5.41, 5.74) is 9.19. The van der Waals surface area contributed by atoms with Crippen molar-refractivity contribution in [1.29, 1.82) is 0 Å². The number of furan rings is 1. The Kier molecular flexibility index (Phi) is 5.88. The van der Waals surface area contributed by atoms with Crippen molar-refractivity contribution >= 4 is 87.4 Å². The lowest BCUT2D eigenvalue weighted by molar-refractivity contribution is 0.669. The van der Waals surface area contributed by atoms with Crippen molar-refractivity contribution in [3.8, 4) is 39.6 Å². The molecule has 0 atom stereocenters. The molecule has 5 aromatic heterocycles. The SMILES string of the molecule is [2H]c1c([2H])c([2H])c2c(c1[2H])c1ccccc1n2-c1cc(-c2c(-c3ccc4c(c3)oc3ccccc34)cccc2-n2c3ccccc3c3ccccc32)cc(-n2c3ccccc3c3c([2H])c([2H])c([2H])c([2H])c32)n1. The zero-order valence-electron chi connectivity index (χ0n) is 41.9. The van der Waals surface area contributed by atoms with E-state index in [1.165, 1.54) is 0 Å². The number of hydrogen-bond acceptors (Lipinski definition) is 2. The first-order chi connectivity index (χ1) is 35.1. The molecular formula is C59H36N4O. The third kappa shape index (κ3) is 4.98. The van der Waals surface area contributed by atoms with Gasteiger partial charge in [0.15, 0.2) is 0 Å². The smallest absolute Gasteiger partial charge is 0.140 e. The Morgan fingerprint density at radius 2 is 0.844 bits per heavy atom. The Morgan fingerprint density at radius 1 is 0.359 bits per heavy atom. The average molecular weight is 825 g/mol. The second-order valence-corrected chi connectivity index (χ2v) is 16.1. The lowest BCUT2D eigenvalue weighted by Gasteiger charge is -2.20. The van der Waals surface area contributed by atoms with Crippen LogP contribution in [-0.2, 0) is 0 Å². The van der Waals surface area contributed by atoms with Gasteiger partial charge in [-0.15, -0.1) is 0 Å². The highest BCUT2D eigenvalue weighted by Gasteiger charge is 2.24. The highest BCUT2D eigenvalue weighted by molar-refractivity contribution is 6.13. The number of aromatic nitrogens is 4. The van der Waals surface area contributed by atoms with E-state index < -0.39 is 0 Å². The maximum atomic E-state index is 9.46. The maximum Gasteiger partial charge on any atom is 0.140 e. The van der Waals surface area contributed by atoms with Crippen LogP contribution in [0.25, 0.3) is 127 Å². The molecule has 64 heavy (non-hydrogen) atoms. The summed E-state index contributed by atoms with van der Waals surface area (Å²) in [5, 5.41) is 6.06. The number of para-hydroxylation sites is 7. The molecular weight excluding hydrogens is 781 g/mol. The van der Waals surface area contributed by atoms with E-state index in [1.54, 1.807) is 9.13 Å². The molecule has 0 spiro atoms. The molecule has 5 nitrogen and oxygen atoms in total. The summed E-state index contributed by atoms with van der Waals surface area (Å²) in [5.74, 6) is 0.641. The van der Waals surface area contributed by atoms with Crippen LogP contribution < -0.4 is 0 Å². The molecule has 298 valence electrons. The van der Waals surface area contributed by atoms with Crippen molar-refractivity contribution in [2.75, 3.05) is 0 Å². The highest BCUT2D eigenvalue weighted by Crippen LogP contribution is 2.44. The van der Waals surface area contributed by atoms with Crippen LogP contribution in [0.4, 0.5) is 0 Å². The predicted molar refractivity (Wildman–Crippen MR) is 265 cm³/mol. The van der Waals surface area contributed by atoms with Crippen molar-refractivity contribution in [3.63, 3.8) is 0 Å². The zero-order chi connectivity index (χ0) is 48.8. The van der Waals surface area contributed by atoms with Gasteiger partial charge in [-0.1, -0.05) is 145 Å². The van der Waals surface area contributed by atoms with E-state index in [9.17, 15) is 5.48 Å². The van der Waals surface area contributed by atoms with Crippen LogP contribution >= 0.6 is 0 Å². The maximum absolute atomic E-state index is 9.46. The van der Waals surface area contributed by atoms with Gasteiger partial charge in [0, 0.05) is 48.7 Å². The van der Waals surface area contributed by atoms with Crippen LogP contribution in [0.3, 0.4) is 0 Å². The van der Waals surface area contributed by atoms with E-state index in [-0.39, 0.29) is 59.4 Å². The normalized spacial score (nSPS) is 13.8. The van der Waals surface area contributed by atoms with Crippen molar-refractivity contribution in [2.24, 2.45) is 0 Å². The number of pyridine rings is 1. The summed E-state index contributed by atoms with van der Waals surface area (Å²) in [7, 11) is 0. The van der Waals surface area contributed by atoms with Gasteiger partial charge in [0.05, 0.1) is 49.8 Å². The van der Waals surface area contributed by atoms with Crippen LogP contribution in [0, 0.1) is 0 Å². The van der Waals surface area contributed by atoms with E-state index in [0.717, 1.165) is 66.1 Å². The van der Waals surface area contributed by atoms with Gasteiger partial charge in [-0.2, -0.15) is 0 Å². The second kappa shape index (κ2) is 13.4. The van der Waals surface area contributed by atoms with Crippen LogP contribution in [0.5, 0.6) is 0 Å². The predicted octanol–water partition coefficient (Wildman–Crippen LogP) is 15.6. The summed E-state index contributed by atoms with van der Waals surface area (Å²) in [4.78, 5) is 5.45. The fourth-order valence-electron chi connectivity index (χ4n) is 10.0. The molecule has 0 amide bonds. The first-order valence-corrected chi connectivity index (χ1v) is 21.1. The Hall–Kier alpha value is -8.67. The molecule has 5 heteroatoms. The van der Waals surface area contributed by atoms with Crippen LogP contribution in [0.15, 0.2) is 223 Å². The Balaban J connectivity index is 1.18. The summed E-state index contributed by atoms with van der Waals surface area (Å²) >= 11 is 0. The van der Waals surface area contributed by atoms with E-state index >= 15 is 0 Å². The van der Waals surface area contributed by atoms with Gasteiger partial charge in [-0.25, -0.2) is 4.98 Å². The molecule has 0 aliphatic carbocycles. The number of rotatable bonds is 5. The Morgan fingerprint density at radius 3 is 1.44 bits per heavy atom. The Bertz CT molecular complexity index is 4490. The number of hydrogen-bond donors (Lipinski definition) is 0. The summed E-state index contributed by atoms with van der Waals surface area (Å²) in [6.07, 6.45) is 0. The van der Waals surface area contributed by atoms with E-state index in [2.05, 4.69) is 71.3 Å². The molecule has 9 aromatic carbocycles. The minimum Gasteiger partial charge on any atom is -0.456 e. The summed E-state index contributed by atoms with van der Waals surface area (Å²) < 4.78 is 85.1. The van der Waals surface area contributed by atoms with Crippen molar-refractivity contribution in [1.82, 2.24) is 18.7 Å². The van der Waals surface area contributed by atoms with Crippen LogP contribution in [0.1, 0.15) is 11.0 Å². The van der Waals surface area contributed by atoms with Crippen molar-refractivity contribution < 1.29 is 15.4 Å². The zero-order valence-corrected chi connectivity index (χ0v) is 33.9. The fourth-order valence-corrected chi connectivity index (χ4v) is 10.0. The lowest BCUT2D eigenvalue weighted by Crippen LogP contribution is -2.06. The van der Waals surface area contributed by atoms with Gasteiger partial charge in [0.25, 0.3) is 0 Å². The van der Waals surface area contributed by atoms with Gasteiger partial charge in [0.1, 0.15) is 22.8 Å². The van der Waals surface area contributed by atoms with Gasteiger partial charge in [0.2, 0.25) is 0 Å². The monoisotopic (exact) mass is 824 g/mol. The molecule has 0 bridgehead atoms. The third-order valence-corrected chi connectivity index (χ3v) is 12.7. The molecule has 14 aromatic rings. The fraction of sp³-hybridized carbons (Fsp3) is 0. The molecule has 5 heterocycles. The van der Waals surface area contributed by atoms with Crippen LogP contribution in [0.2, 0.25) is 0 Å². The molecule has 0 unspecified atom stereocenters. The first-order valence-electron chi connectivity index (χ1n) is 25.1. The minimum atomic E-state index is -0.383. The van der Waals surface area contributed by atoms with E-state index in [4.69, 9.17) is 14.9 Å². The second-order valence-electron chi connectivity index (χ2n) is 16.1. The number of nitrogens with zero attached hydrogens (tertiary/aromatic N) is 4. The molecule has 14 rings (SSSR count). The molecule has 0 aliphatic rings. The molecule has 0 N–H and O–H groups in total. The van der Waals surface area contributed by atoms with Gasteiger partial charge < -0.3 is 8.98 Å². The lowest BCUT2D eigenvalue weighted by atomic mass is 9.92. The molecule has 0 fully saturated rings. The quantitative estimate of drug-likeness (QED) is 0.173.